The van der Waals surface area contributed by atoms with Crippen molar-refractivity contribution in [1.29, 1.82) is 0 Å². The smallest absolute Gasteiger partial charge is 0.257 e. The van der Waals surface area contributed by atoms with Crippen LogP contribution in [0.1, 0.15) is 45.9 Å². The summed E-state index contributed by atoms with van der Waals surface area (Å²) >= 11 is 0. The van der Waals surface area contributed by atoms with Crippen molar-refractivity contribution in [2.24, 2.45) is 0 Å². The molecule has 2 heterocycles. The monoisotopic (exact) mass is 430 g/mol. The number of aromatic nitrogens is 2. The summed E-state index contributed by atoms with van der Waals surface area (Å²) < 4.78 is 7.24. The molecule has 1 saturated carbocycles. The number of benzene rings is 2. The predicted octanol–water partition coefficient (Wildman–Crippen LogP) is 4.02. The number of para-hydroxylation sites is 1. The van der Waals surface area contributed by atoms with E-state index in [-0.39, 0.29) is 5.91 Å². The van der Waals surface area contributed by atoms with Gasteiger partial charge in [0.25, 0.3) is 5.91 Å². The summed E-state index contributed by atoms with van der Waals surface area (Å²) in [6, 6.07) is 16.5. The summed E-state index contributed by atoms with van der Waals surface area (Å²) in [6.07, 6.45) is 4.05. The van der Waals surface area contributed by atoms with E-state index in [9.17, 15) is 4.79 Å². The lowest BCUT2D eigenvalue weighted by molar-refractivity contribution is 0.0627. The average molecular weight is 431 g/mol. The van der Waals surface area contributed by atoms with E-state index in [0.29, 0.717) is 5.92 Å². The minimum absolute atomic E-state index is 0.121. The molecule has 1 aliphatic carbocycles. The van der Waals surface area contributed by atoms with E-state index in [2.05, 4.69) is 41.2 Å². The molecule has 0 N–H and O–H groups in total. The zero-order valence-electron chi connectivity index (χ0n) is 18.8. The first-order valence-electron chi connectivity index (χ1n) is 11.4. The van der Waals surface area contributed by atoms with E-state index < -0.39 is 0 Å². The summed E-state index contributed by atoms with van der Waals surface area (Å²) in [5.74, 6) is 1.44. The predicted molar refractivity (Wildman–Crippen MR) is 124 cm³/mol. The minimum Gasteiger partial charge on any atom is -0.497 e. The molecule has 166 valence electrons. The van der Waals surface area contributed by atoms with Gasteiger partial charge >= 0.3 is 0 Å². The van der Waals surface area contributed by atoms with Crippen LogP contribution in [0, 0.1) is 6.92 Å². The Labute approximate surface area is 189 Å². The average Bonchev–Trinajstić information content (AvgIpc) is 3.58. The van der Waals surface area contributed by atoms with Crippen LogP contribution in [0.15, 0.2) is 54.7 Å². The first kappa shape index (κ1) is 20.8. The van der Waals surface area contributed by atoms with Crippen molar-refractivity contribution in [2.75, 3.05) is 33.3 Å². The largest absolute Gasteiger partial charge is 0.497 e. The highest BCUT2D eigenvalue weighted by Gasteiger charge is 2.35. The van der Waals surface area contributed by atoms with Gasteiger partial charge in [-0.3, -0.25) is 9.69 Å². The summed E-state index contributed by atoms with van der Waals surface area (Å²) in [7, 11) is 1.69. The van der Waals surface area contributed by atoms with Crippen molar-refractivity contribution in [3.05, 3.63) is 77.1 Å². The summed E-state index contributed by atoms with van der Waals surface area (Å²) in [5, 5.41) is 4.66. The number of ether oxygens (including phenoxy) is 1. The van der Waals surface area contributed by atoms with Crippen molar-refractivity contribution in [3.63, 3.8) is 0 Å². The Morgan fingerprint density at radius 2 is 1.75 bits per heavy atom. The Morgan fingerprint density at radius 1 is 1.03 bits per heavy atom. The summed E-state index contributed by atoms with van der Waals surface area (Å²) in [5.41, 5.74) is 5.37. The molecule has 1 aromatic heterocycles. The highest BCUT2D eigenvalue weighted by Crippen LogP contribution is 2.43. The van der Waals surface area contributed by atoms with Crippen molar-refractivity contribution < 1.29 is 9.53 Å². The molecule has 1 saturated heterocycles. The number of carbonyl (C=O) groups excluding carboxylic acids is 1. The van der Waals surface area contributed by atoms with Gasteiger partial charge in [-0.05, 0) is 49.1 Å². The maximum Gasteiger partial charge on any atom is 0.257 e. The lowest BCUT2D eigenvalue weighted by Crippen LogP contribution is -2.48. The number of carbonyl (C=O) groups is 1. The molecule has 0 bridgehead atoms. The van der Waals surface area contributed by atoms with E-state index in [0.717, 1.165) is 68.3 Å². The van der Waals surface area contributed by atoms with E-state index >= 15 is 0 Å². The SMILES string of the molecule is COc1ccc(CN2CCN(C(=O)c3cnn(-c4ccccc4C)c3C3CC3)CC2)cc1. The molecule has 0 unspecified atom stereocenters. The van der Waals surface area contributed by atoms with E-state index in [4.69, 9.17) is 4.74 Å². The van der Waals surface area contributed by atoms with E-state index in [1.807, 2.05) is 33.8 Å². The molecule has 1 aliphatic heterocycles. The van der Waals surface area contributed by atoms with E-state index in [1.165, 1.54) is 11.1 Å². The molecule has 2 fully saturated rings. The van der Waals surface area contributed by atoms with Crippen LogP contribution in [0.25, 0.3) is 5.69 Å². The molecule has 0 atom stereocenters. The number of aryl methyl sites for hydroxylation is 1. The van der Waals surface area contributed by atoms with Crippen molar-refractivity contribution in [2.45, 2.75) is 32.2 Å². The number of hydrogen-bond donors (Lipinski definition) is 0. The second-order valence-corrected chi connectivity index (χ2v) is 8.83. The number of rotatable bonds is 6. The van der Waals surface area contributed by atoms with Crippen LogP contribution in [0.2, 0.25) is 0 Å². The molecule has 6 heteroatoms. The number of methoxy groups -OCH3 is 1. The third kappa shape index (κ3) is 4.15. The standard InChI is InChI=1S/C26H30N4O2/c1-19-5-3-4-6-24(19)30-25(21-9-10-21)23(17-27-30)26(31)29-15-13-28(14-16-29)18-20-7-11-22(32-2)12-8-20/h3-8,11-12,17,21H,9-10,13-16,18H2,1-2H3. The van der Waals surface area contributed by atoms with Crippen LogP contribution in [-0.2, 0) is 6.54 Å². The zero-order chi connectivity index (χ0) is 22.1. The lowest BCUT2D eigenvalue weighted by Gasteiger charge is -2.34. The molecular weight excluding hydrogens is 400 g/mol. The Kier molecular flexibility index (Phi) is 5.70. The summed E-state index contributed by atoms with van der Waals surface area (Å²) in [4.78, 5) is 17.9. The lowest BCUT2D eigenvalue weighted by atomic mass is 10.1. The van der Waals surface area contributed by atoms with Crippen molar-refractivity contribution in [3.8, 4) is 11.4 Å². The van der Waals surface area contributed by atoms with Gasteiger partial charge in [0, 0.05) is 38.6 Å². The first-order chi connectivity index (χ1) is 15.6. The number of piperazine rings is 1. The molecule has 0 radical (unpaired) electrons. The molecule has 1 amide bonds. The quantitative estimate of drug-likeness (QED) is 0.593. The molecule has 6 nitrogen and oxygen atoms in total. The van der Waals surface area contributed by atoms with Gasteiger partial charge in [-0.2, -0.15) is 5.10 Å². The van der Waals surface area contributed by atoms with Gasteiger partial charge < -0.3 is 9.64 Å². The highest BCUT2D eigenvalue weighted by molar-refractivity contribution is 5.95. The molecule has 3 aromatic rings. The first-order valence-corrected chi connectivity index (χ1v) is 11.4. The molecule has 2 aromatic carbocycles. The molecule has 2 aliphatic rings. The van der Waals surface area contributed by atoms with Crippen LogP contribution in [0.5, 0.6) is 5.75 Å². The van der Waals surface area contributed by atoms with Gasteiger partial charge in [-0.15, -0.1) is 0 Å². The van der Waals surface area contributed by atoms with Crippen LogP contribution in [0.4, 0.5) is 0 Å². The van der Waals surface area contributed by atoms with Gasteiger partial charge in [-0.1, -0.05) is 30.3 Å². The minimum atomic E-state index is 0.121. The molecule has 0 spiro atoms. The number of amides is 1. The Morgan fingerprint density at radius 3 is 2.41 bits per heavy atom. The topological polar surface area (TPSA) is 50.6 Å². The van der Waals surface area contributed by atoms with Gasteiger partial charge in [-0.25, -0.2) is 4.68 Å². The third-order valence-corrected chi connectivity index (χ3v) is 6.57. The fourth-order valence-electron chi connectivity index (χ4n) is 4.53. The second-order valence-electron chi connectivity index (χ2n) is 8.83. The second kappa shape index (κ2) is 8.79. The van der Waals surface area contributed by atoms with Gasteiger partial charge in [0.15, 0.2) is 0 Å². The van der Waals surface area contributed by atoms with Crippen LogP contribution < -0.4 is 4.74 Å². The zero-order valence-corrected chi connectivity index (χ0v) is 18.8. The highest BCUT2D eigenvalue weighted by atomic mass is 16.5. The van der Waals surface area contributed by atoms with Gasteiger partial charge in [0.05, 0.1) is 30.3 Å². The molecule has 5 rings (SSSR count). The van der Waals surface area contributed by atoms with Gasteiger partial charge in [0.2, 0.25) is 0 Å². The van der Waals surface area contributed by atoms with Crippen molar-refractivity contribution in [1.82, 2.24) is 19.6 Å². The van der Waals surface area contributed by atoms with Crippen molar-refractivity contribution >= 4 is 5.91 Å². The summed E-state index contributed by atoms with van der Waals surface area (Å²) in [6.45, 7) is 6.23. The molecule has 32 heavy (non-hydrogen) atoms. The van der Waals surface area contributed by atoms with E-state index in [1.54, 1.807) is 13.3 Å². The van der Waals surface area contributed by atoms with Crippen LogP contribution in [0.3, 0.4) is 0 Å². The number of hydrogen-bond acceptors (Lipinski definition) is 4. The third-order valence-electron chi connectivity index (χ3n) is 6.57. The maximum absolute atomic E-state index is 13.5. The Hall–Kier alpha value is -3.12. The maximum atomic E-state index is 13.5. The fraction of sp³-hybridized carbons (Fsp3) is 0.385. The van der Waals surface area contributed by atoms with Gasteiger partial charge in [0.1, 0.15) is 5.75 Å². The molecular formula is C26H30N4O2. The normalized spacial score (nSPS) is 16.9. The Bertz CT molecular complexity index is 1090. The van der Waals surface area contributed by atoms with Crippen LogP contribution >= 0.6 is 0 Å². The number of nitrogens with zero attached hydrogens (tertiary/aromatic N) is 4. The van der Waals surface area contributed by atoms with Crippen LogP contribution in [-0.4, -0.2) is 58.8 Å². The Balaban J connectivity index is 1.28. The fourth-order valence-corrected chi connectivity index (χ4v) is 4.53.